The van der Waals surface area contributed by atoms with E-state index in [0.717, 1.165) is 0 Å². The Hall–Kier alpha value is -1.06. The molecule has 0 N–H and O–H groups in total. The van der Waals surface area contributed by atoms with Crippen LogP contribution in [0.1, 0.15) is 74.7 Å². The molecule has 0 aliphatic heterocycles. The van der Waals surface area contributed by atoms with Gasteiger partial charge in [-0.05, 0) is 36.5 Å². The van der Waals surface area contributed by atoms with Crippen LogP contribution >= 0.6 is 0 Å². The van der Waals surface area contributed by atoms with Gasteiger partial charge < -0.3 is 9.47 Å². The molecule has 24 heavy (non-hydrogen) atoms. The molecule has 0 aromatic heterocycles. The van der Waals surface area contributed by atoms with Gasteiger partial charge in [-0.3, -0.25) is 9.59 Å². The molecule has 0 rings (SSSR count). The van der Waals surface area contributed by atoms with Crippen molar-refractivity contribution in [3.8, 4) is 0 Å². The van der Waals surface area contributed by atoms with Gasteiger partial charge in [0.2, 0.25) is 0 Å². The molecule has 0 amide bonds. The molecule has 0 saturated carbocycles. The van der Waals surface area contributed by atoms with E-state index in [2.05, 4.69) is 27.7 Å². The highest BCUT2D eigenvalue weighted by atomic mass is 16.5. The van der Waals surface area contributed by atoms with Crippen molar-refractivity contribution in [1.29, 1.82) is 0 Å². The summed E-state index contributed by atoms with van der Waals surface area (Å²) in [6.07, 6.45) is 1.38. The van der Waals surface area contributed by atoms with Crippen molar-refractivity contribution >= 4 is 11.9 Å². The quantitative estimate of drug-likeness (QED) is 0.503. The predicted octanol–water partition coefficient (Wildman–Crippen LogP) is 4.85. The van der Waals surface area contributed by atoms with Crippen molar-refractivity contribution in [3.05, 3.63) is 0 Å². The maximum Gasteiger partial charge on any atom is 0.312 e. The maximum absolute atomic E-state index is 12.9. The first kappa shape index (κ1) is 22.9. The van der Waals surface area contributed by atoms with Crippen LogP contribution in [0.15, 0.2) is 0 Å². The third-order valence-electron chi connectivity index (χ3n) is 3.64. The lowest BCUT2D eigenvalue weighted by molar-refractivity contribution is -0.166. The SMILES string of the molecule is CC(C)COC(=O)CC(CC(C)C)(CC(C)C)C(=O)OCC(C)C. The summed E-state index contributed by atoms with van der Waals surface area (Å²) >= 11 is 0. The van der Waals surface area contributed by atoms with Gasteiger partial charge in [-0.2, -0.15) is 0 Å². The second-order valence-corrected chi connectivity index (χ2v) is 8.72. The smallest absolute Gasteiger partial charge is 0.312 e. The lowest BCUT2D eigenvalue weighted by Crippen LogP contribution is -2.39. The van der Waals surface area contributed by atoms with Crippen molar-refractivity contribution in [3.63, 3.8) is 0 Å². The summed E-state index contributed by atoms with van der Waals surface area (Å²) in [7, 11) is 0. The summed E-state index contributed by atoms with van der Waals surface area (Å²) in [4.78, 5) is 25.2. The van der Waals surface area contributed by atoms with Crippen LogP contribution in [-0.4, -0.2) is 25.2 Å². The first-order valence-corrected chi connectivity index (χ1v) is 9.31. The Bertz CT molecular complexity index is 373. The molecule has 4 heteroatoms. The Morgan fingerprint density at radius 2 is 1.12 bits per heavy atom. The molecule has 0 atom stereocenters. The van der Waals surface area contributed by atoms with E-state index in [1.165, 1.54) is 0 Å². The molecule has 0 aliphatic rings. The molecule has 0 fully saturated rings. The fraction of sp³-hybridized carbons (Fsp3) is 0.900. The average molecular weight is 343 g/mol. The minimum Gasteiger partial charge on any atom is -0.465 e. The van der Waals surface area contributed by atoms with E-state index in [1.807, 2.05) is 27.7 Å². The monoisotopic (exact) mass is 342 g/mol. The Morgan fingerprint density at radius 3 is 1.50 bits per heavy atom. The van der Waals surface area contributed by atoms with Crippen LogP contribution in [0.4, 0.5) is 0 Å². The molecule has 0 unspecified atom stereocenters. The van der Waals surface area contributed by atoms with Gasteiger partial charge in [0.05, 0.1) is 25.0 Å². The molecule has 0 aromatic carbocycles. The standard InChI is InChI=1S/C20H38O4/c1-14(2)9-20(10-15(3)4,19(22)24-13-17(7)8)11-18(21)23-12-16(5)6/h14-17H,9-13H2,1-8H3. The van der Waals surface area contributed by atoms with Crippen LogP contribution in [0.25, 0.3) is 0 Å². The van der Waals surface area contributed by atoms with E-state index in [0.29, 0.717) is 37.9 Å². The molecule has 4 nitrogen and oxygen atoms in total. The predicted molar refractivity (Wildman–Crippen MR) is 97.6 cm³/mol. The molecule has 0 aromatic rings. The molecule has 142 valence electrons. The minimum atomic E-state index is -0.786. The summed E-state index contributed by atoms with van der Waals surface area (Å²) in [5.41, 5.74) is -0.786. The van der Waals surface area contributed by atoms with Crippen molar-refractivity contribution in [2.45, 2.75) is 74.7 Å². The van der Waals surface area contributed by atoms with Gasteiger partial charge in [-0.15, -0.1) is 0 Å². The molecule has 0 heterocycles. The fourth-order valence-corrected chi connectivity index (χ4v) is 3.01. The van der Waals surface area contributed by atoms with Gasteiger partial charge in [-0.1, -0.05) is 55.4 Å². The number of carbonyl (C=O) groups is 2. The number of esters is 2. The van der Waals surface area contributed by atoms with E-state index in [9.17, 15) is 9.59 Å². The third-order valence-corrected chi connectivity index (χ3v) is 3.64. The Morgan fingerprint density at radius 1 is 0.708 bits per heavy atom. The number of ether oxygens (including phenoxy) is 2. The van der Waals surface area contributed by atoms with Crippen LogP contribution in [0.3, 0.4) is 0 Å². The first-order chi connectivity index (χ1) is 11.0. The highest BCUT2D eigenvalue weighted by molar-refractivity contribution is 5.83. The molecule has 0 bridgehead atoms. The Labute approximate surface area is 148 Å². The molecular weight excluding hydrogens is 304 g/mol. The van der Waals surface area contributed by atoms with E-state index in [1.54, 1.807) is 0 Å². The molecule has 0 spiro atoms. The lowest BCUT2D eigenvalue weighted by atomic mass is 9.72. The van der Waals surface area contributed by atoms with Crippen molar-refractivity contribution < 1.29 is 19.1 Å². The van der Waals surface area contributed by atoms with Gasteiger partial charge >= 0.3 is 11.9 Å². The Balaban J connectivity index is 5.32. The van der Waals surface area contributed by atoms with E-state index >= 15 is 0 Å². The normalized spacial score (nSPS) is 12.3. The average Bonchev–Trinajstić information content (AvgIpc) is 2.40. The number of hydrogen-bond donors (Lipinski definition) is 0. The zero-order valence-electron chi connectivity index (χ0n) is 17.0. The zero-order valence-corrected chi connectivity index (χ0v) is 17.0. The molecule has 0 radical (unpaired) electrons. The van der Waals surface area contributed by atoms with E-state index in [-0.39, 0.29) is 30.2 Å². The van der Waals surface area contributed by atoms with Gasteiger partial charge in [0.15, 0.2) is 0 Å². The number of hydrogen-bond acceptors (Lipinski definition) is 4. The molecule has 0 saturated heterocycles. The van der Waals surface area contributed by atoms with Crippen molar-refractivity contribution in [1.82, 2.24) is 0 Å². The first-order valence-electron chi connectivity index (χ1n) is 9.31. The minimum absolute atomic E-state index is 0.104. The number of carbonyl (C=O) groups excluding carboxylic acids is 2. The lowest BCUT2D eigenvalue weighted by Gasteiger charge is -2.34. The van der Waals surface area contributed by atoms with Crippen LogP contribution in [0.5, 0.6) is 0 Å². The highest BCUT2D eigenvalue weighted by Gasteiger charge is 2.43. The van der Waals surface area contributed by atoms with Crippen LogP contribution in [-0.2, 0) is 19.1 Å². The maximum atomic E-state index is 12.9. The summed E-state index contributed by atoms with van der Waals surface area (Å²) in [6.45, 7) is 17.1. The summed E-state index contributed by atoms with van der Waals surface area (Å²) in [5.74, 6) is 0.608. The van der Waals surface area contributed by atoms with Crippen molar-refractivity contribution in [2.24, 2.45) is 29.1 Å². The largest absolute Gasteiger partial charge is 0.465 e. The van der Waals surface area contributed by atoms with Gasteiger partial charge in [0, 0.05) is 0 Å². The molecular formula is C20H38O4. The van der Waals surface area contributed by atoms with E-state index in [4.69, 9.17) is 9.47 Å². The number of rotatable bonds is 11. The fourth-order valence-electron chi connectivity index (χ4n) is 3.01. The van der Waals surface area contributed by atoms with Crippen LogP contribution in [0, 0.1) is 29.1 Å². The van der Waals surface area contributed by atoms with Crippen LogP contribution < -0.4 is 0 Å². The van der Waals surface area contributed by atoms with Gasteiger partial charge in [0.25, 0.3) is 0 Å². The summed E-state index contributed by atoms with van der Waals surface area (Å²) in [5, 5.41) is 0. The Kier molecular flexibility index (Phi) is 10.3. The molecule has 0 aliphatic carbocycles. The van der Waals surface area contributed by atoms with Gasteiger partial charge in [0.1, 0.15) is 0 Å². The topological polar surface area (TPSA) is 52.6 Å². The van der Waals surface area contributed by atoms with E-state index < -0.39 is 5.41 Å². The third kappa shape index (κ3) is 9.29. The van der Waals surface area contributed by atoms with Crippen molar-refractivity contribution in [2.75, 3.05) is 13.2 Å². The zero-order chi connectivity index (χ0) is 18.9. The summed E-state index contributed by atoms with van der Waals surface area (Å²) < 4.78 is 10.9. The summed E-state index contributed by atoms with van der Waals surface area (Å²) in [6, 6.07) is 0. The van der Waals surface area contributed by atoms with Gasteiger partial charge in [-0.25, -0.2) is 0 Å². The highest BCUT2D eigenvalue weighted by Crippen LogP contribution is 2.39. The second kappa shape index (κ2) is 10.7. The van der Waals surface area contributed by atoms with Crippen LogP contribution in [0.2, 0.25) is 0 Å². The second-order valence-electron chi connectivity index (χ2n) is 8.72.